The van der Waals surface area contributed by atoms with E-state index in [0.717, 1.165) is 41.1 Å². The van der Waals surface area contributed by atoms with Gasteiger partial charge in [-0.15, -0.1) is 0 Å². The zero-order valence-electron chi connectivity index (χ0n) is 13.6. The number of nitrogens with zero attached hydrogens (tertiary/aromatic N) is 4. The lowest BCUT2D eigenvalue weighted by Crippen LogP contribution is -2.35. The van der Waals surface area contributed by atoms with Gasteiger partial charge in [0, 0.05) is 18.7 Å². The Morgan fingerprint density at radius 1 is 1.32 bits per heavy atom. The third-order valence-electron chi connectivity index (χ3n) is 4.57. The van der Waals surface area contributed by atoms with E-state index in [1.54, 1.807) is 18.1 Å². The van der Waals surface area contributed by atoms with Crippen molar-refractivity contribution in [1.82, 2.24) is 20.2 Å². The fourth-order valence-electron chi connectivity index (χ4n) is 2.96. The minimum Gasteiger partial charge on any atom is -0.482 e. The fourth-order valence-corrected chi connectivity index (χ4v) is 2.96. The zero-order chi connectivity index (χ0) is 17.0. The number of rotatable bonds is 3. The molecule has 1 saturated carbocycles. The molecule has 3 heterocycles. The summed E-state index contributed by atoms with van der Waals surface area (Å²) in [6.45, 7) is 0.0711. The quantitative estimate of drug-likeness (QED) is 0.762. The molecule has 0 atom stereocenters. The van der Waals surface area contributed by atoms with Crippen molar-refractivity contribution in [1.29, 1.82) is 0 Å². The molecule has 0 bridgehead atoms. The Morgan fingerprint density at radius 2 is 2.20 bits per heavy atom. The Balaban J connectivity index is 1.54. The summed E-state index contributed by atoms with van der Waals surface area (Å²) in [6, 6.07) is 5.64. The van der Waals surface area contributed by atoms with E-state index >= 15 is 0 Å². The molecule has 1 aromatic carbocycles. The number of carbonyl (C=O) groups excluding carboxylic acids is 1. The highest BCUT2D eigenvalue weighted by Gasteiger charge is 2.28. The number of aromatic nitrogens is 4. The molecule has 1 aliphatic heterocycles. The molecular weight excluding hydrogens is 320 g/mol. The molecule has 1 fully saturated rings. The van der Waals surface area contributed by atoms with Gasteiger partial charge in [-0.1, -0.05) is 0 Å². The number of ether oxygens (including phenoxy) is 1. The third-order valence-corrected chi connectivity index (χ3v) is 4.57. The third kappa shape index (κ3) is 2.37. The van der Waals surface area contributed by atoms with Gasteiger partial charge in [-0.25, -0.2) is 9.97 Å². The number of likely N-dealkylation sites (N-methyl/N-ethyl adjacent to an activating group) is 1. The number of hydrogen-bond donors (Lipinski definition) is 2. The van der Waals surface area contributed by atoms with Gasteiger partial charge in [0.2, 0.25) is 0 Å². The van der Waals surface area contributed by atoms with Crippen LogP contribution in [-0.2, 0) is 4.79 Å². The Hall–Kier alpha value is -3.16. The minimum atomic E-state index is -0.0707. The Bertz CT molecular complexity index is 994. The van der Waals surface area contributed by atoms with Gasteiger partial charge in [0.25, 0.3) is 5.91 Å². The van der Waals surface area contributed by atoms with Crippen molar-refractivity contribution in [3.8, 4) is 5.75 Å². The van der Waals surface area contributed by atoms with E-state index in [1.165, 1.54) is 0 Å². The summed E-state index contributed by atoms with van der Waals surface area (Å²) < 4.78 is 5.47. The molecule has 5 rings (SSSR count). The number of amides is 1. The van der Waals surface area contributed by atoms with E-state index in [-0.39, 0.29) is 12.5 Å². The number of anilines is 3. The zero-order valence-corrected chi connectivity index (χ0v) is 13.6. The second kappa shape index (κ2) is 5.17. The summed E-state index contributed by atoms with van der Waals surface area (Å²) in [4.78, 5) is 22.7. The molecule has 2 N–H and O–H groups in total. The van der Waals surface area contributed by atoms with Gasteiger partial charge in [0.1, 0.15) is 22.6 Å². The Labute approximate surface area is 143 Å². The first-order valence-electron chi connectivity index (χ1n) is 8.20. The summed E-state index contributed by atoms with van der Waals surface area (Å²) in [5.41, 5.74) is 3.12. The lowest BCUT2D eigenvalue weighted by Gasteiger charge is -2.26. The van der Waals surface area contributed by atoms with Crippen molar-refractivity contribution in [2.24, 2.45) is 0 Å². The molecule has 0 unspecified atom stereocenters. The normalized spacial score (nSPS) is 16.7. The molecule has 2 aliphatic rings. The number of hydrogen-bond acceptors (Lipinski definition) is 6. The topological polar surface area (TPSA) is 96.0 Å². The lowest BCUT2D eigenvalue weighted by atomic mass is 10.2. The average Bonchev–Trinajstić information content (AvgIpc) is 3.36. The molecule has 0 radical (unpaired) electrons. The first-order chi connectivity index (χ1) is 12.2. The lowest BCUT2D eigenvalue weighted by molar-refractivity contribution is -0.120. The summed E-state index contributed by atoms with van der Waals surface area (Å²) >= 11 is 0. The summed E-state index contributed by atoms with van der Waals surface area (Å²) in [5, 5.41) is 10.3. The summed E-state index contributed by atoms with van der Waals surface area (Å²) in [6.07, 6.45) is 3.97. The van der Waals surface area contributed by atoms with Gasteiger partial charge in [0.15, 0.2) is 12.4 Å². The maximum Gasteiger partial charge on any atom is 0.264 e. The maximum absolute atomic E-state index is 11.8. The van der Waals surface area contributed by atoms with E-state index in [0.29, 0.717) is 17.5 Å². The molecule has 8 nitrogen and oxygen atoms in total. The van der Waals surface area contributed by atoms with Crippen molar-refractivity contribution in [2.45, 2.75) is 18.8 Å². The van der Waals surface area contributed by atoms with Crippen LogP contribution in [0.4, 0.5) is 17.2 Å². The largest absolute Gasteiger partial charge is 0.482 e. The van der Waals surface area contributed by atoms with Crippen molar-refractivity contribution in [3.63, 3.8) is 0 Å². The highest BCUT2D eigenvalue weighted by atomic mass is 16.5. The van der Waals surface area contributed by atoms with Crippen molar-refractivity contribution >= 4 is 34.1 Å². The van der Waals surface area contributed by atoms with Crippen LogP contribution >= 0.6 is 0 Å². The highest BCUT2D eigenvalue weighted by Crippen LogP contribution is 2.40. The molecule has 8 heteroatoms. The number of benzene rings is 1. The molecule has 3 aromatic rings. The van der Waals surface area contributed by atoms with Crippen molar-refractivity contribution in [2.75, 3.05) is 23.9 Å². The average molecular weight is 336 g/mol. The van der Waals surface area contributed by atoms with Crippen LogP contribution in [0, 0.1) is 0 Å². The smallest absolute Gasteiger partial charge is 0.264 e. The molecule has 2 aromatic heterocycles. The summed E-state index contributed by atoms with van der Waals surface area (Å²) in [7, 11) is 1.75. The van der Waals surface area contributed by atoms with Gasteiger partial charge >= 0.3 is 0 Å². The minimum absolute atomic E-state index is 0.0707. The standard InChI is InChI=1S/C17H16N6O2/c1-23-12-6-10(4-5-13(12)25-8-14(23)24)19-17-15-11(7-18-22-15)20-16(21-17)9-2-3-9/h4-7,9H,2-3,8H2,1H3,(H,18,22)(H,19,20,21). The van der Waals surface area contributed by atoms with Gasteiger partial charge in [0.05, 0.1) is 11.9 Å². The first-order valence-corrected chi connectivity index (χ1v) is 8.20. The first kappa shape index (κ1) is 14.2. The monoisotopic (exact) mass is 336 g/mol. The second-order valence-corrected chi connectivity index (χ2v) is 6.38. The van der Waals surface area contributed by atoms with Crippen molar-refractivity contribution in [3.05, 3.63) is 30.2 Å². The maximum atomic E-state index is 11.8. The van der Waals surface area contributed by atoms with E-state index in [4.69, 9.17) is 4.74 Å². The molecule has 0 spiro atoms. The number of carbonyl (C=O) groups is 1. The van der Waals surface area contributed by atoms with E-state index in [2.05, 4.69) is 25.5 Å². The van der Waals surface area contributed by atoms with Gasteiger partial charge in [-0.3, -0.25) is 9.89 Å². The second-order valence-electron chi connectivity index (χ2n) is 6.38. The van der Waals surface area contributed by atoms with E-state index in [1.807, 2.05) is 18.2 Å². The van der Waals surface area contributed by atoms with Gasteiger partial charge in [-0.2, -0.15) is 5.10 Å². The number of H-pyrrole nitrogens is 1. The highest BCUT2D eigenvalue weighted by molar-refractivity contribution is 5.98. The predicted octanol–water partition coefficient (Wildman–Crippen LogP) is 2.33. The molecule has 0 saturated heterocycles. The number of fused-ring (bicyclic) bond motifs is 2. The Kier molecular flexibility index (Phi) is 2.94. The van der Waals surface area contributed by atoms with Gasteiger partial charge in [-0.05, 0) is 31.0 Å². The predicted molar refractivity (Wildman–Crippen MR) is 92.3 cm³/mol. The molecule has 1 amide bonds. The van der Waals surface area contributed by atoms with Crippen LogP contribution in [0.25, 0.3) is 11.0 Å². The molecule has 25 heavy (non-hydrogen) atoms. The van der Waals surface area contributed by atoms with Crippen LogP contribution < -0.4 is 15.0 Å². The molecular formula is C17H16N6O2. The van der Waals surface area contributed by atoms with Crippen LogP contribution in [-0.4, -0.2) is 39.7 Å². The summed E-state index contributed by atoms with van der Waals surface area (Å²) in [5.74, 6) is 2.61. The van der Waals surface area contributed by atoms with Crippen LogP contribution in [0.1, 0.15) is 24.6 Å². The van der Waals surface area contributed by atoms with E-state index in [9.17, 15) is 4.79 Å². The van der Waals surface area contributed by atoms with Crippen LogP contribution in [0.15, 0.2) is 24.4 Å². The Morgan fingerprint density at radius 3 is 3.04 bits per heavy atom. The molecule has 1 aliphatic carbocycles. The van der Waals surface area contributed by atoms with Crippen molar-refractivity contribution < 1.29 is 9.53 Å². The SMILES string of the molecule is CN1C(=O)COc2ccc(Nc3nc(C4CC4)nc4cn[nH]c34)cc21. The van der Waals surface area contributed by atoms with Crippen LogP contribution in [0.2, 0.25) is 0 Å². The van der Waals surface area contributed by atoms with Crippen LogP contribution in [0.3, 0.4) is 0 Å². The number of aromatic amines is 1. The molecule has 126 valence electrons. The van der Waals surface area contributed by atoms with Crippen LogP contribution in [0.5, 0.6) is 5.75 Å². The van der Waals surface area contributed by atoms with Gasteiger partial charge < -0.3 is 15.0 Å². The fraction of sp³-hybridized carbons (Fsp3) is 0.294. The number of nitrogens with one attached hydrogen (secondary N) is 2. The van der Waals surface area contributed by atoms with E-state index < -0.39 is 0 Å².